The van der Waals surface area contributed by atoms with E-state index in [-0.39, 0.29) is 24.4 Å². The highest BCUT2D eigenvalue weighted by Crippen LogP contribution is 2.33. The largest absolute Gasteiger partial charge is 0.326 e. The molecule has 23 heavy (non-hydrogen) atoms. The molecule has 0 unspecified atom stereocenters. The third-order valence-corrected chi connectivity index (χ3v) is 7.49. The van der Waals surface area contributed by atoms with E-state index in [2.05, 4.69) is 4.98 Å². The lowest BCUT2D eigenvalue weighted by Crippen LogP contribution is -2.32. The quantitative estimate of drug-likeness (QED) is 0.895. The lowest BCUT2D eigenvalue weighted by atomic mass is 9.95. The van der Waals surface area contributed by atoms with Crippen LogP contribution in [0.1, 0.15) is 22.2 Å². The van der Waals surface area contributed by atoms with Crippen LogP contribution < -0.4 is 5.73 Å². The smallest absolute Gasteiger partial charge is 0.254 e. The van der Waals surface area contributed by atoms with Gasteiger partial charge in [-0.2, -0.15) is 4.31 Å². The summed E-state index contributed by atoms with van der Waals surface area (Å²) in [4.78, 5) is 4.23. The summed E-state index contributed by atoms with van der Waals surface area (Å²) >= 11 is 1.22. The molecule has 2 heterocycles. The van der Waals surface area contributed by atoms with E-state index in [1.165, 1.54) is 15.6 Å². The molecule has 8 heteroatoms. The molecule has 0 aliphatic carbocycles. The topological polar surface area (TPSA) is 76.3 Å². The molecule has 0 spiro atoms. The van der Waals surface area contributed by atoms with Crippen LogP contribution in [0.5, 0.6) is 0 Å². The number of hydrogen-bond donors (Lipinski definition) is 1. The fourth-order valence-electron chi connectivity index (χ4n) is 2.91. The first kappa shape index (κ1) is 18.4. The van der Waals surface area contributed by atoms with Gasteiger partial charge in [0.1, 0.15) is 0 Å². The third kappa shape index (κ3) is 3.44. The second kappa shape index (κ2) is 6.86. The second-order valence-corrected chi connectivity index (χ2v) is 8.95. The van der Waals surface area contributed by atoms with E-state index in [0.29, 0.717) is 23.0 Å². The van der Waals surface area contributed by atoms with Crippen molar-refractivity contribution in [2.45, 2.75) is 30.0 Å². The predicted octanol–water partition coefficient (Wildman–Crippen LogP) is 2.30. The van der Waals surface area contributed by atoms with E-state index in [9.17, 15) is 8.42 Å². The number of aryl methyl sites for hydroxylation is 2. The highest BCUT2D eigenvalue weighted by Gasteiger charge is 2.39. The van der Waals surface area contributed by atoms with Crippen LogP contribution in [0.3, 0.4) is 0 Å². The first-order valence-electron chi connectivity index (χ1n) is 7.14. The molecule has 0 amide bonds. The van der Waals surface area contributed by atoms with Gasteiger partial charge >= 0.3 is 0 Å². The molecule has 1 aromatic carbocycles. The van der Waals surface area contributed by atoms with Gasteiger partial charge in [0, 0.05) is 25.0 Å². The van der Waals surface area contributed by atoms with Crippen LogP contribution in [0.15, 0.2) is 34.5 Å². The van der Waals surface area contributed by atoms with Gasteiger partial charge in [-0.3, -0.25) is 0 Å². The lowest BCUT2D eigenvalue weighted by Gasteiger charge is -2.15. The molecule has 2 N–H and O–H groups in total. The summed E-state index contributed by atoms with van der Waals surface area (Å²) in [6.07, 6.45) is 0. The van der Waals surface area contributed by atoms with E-state index >= 15 is 0 Å². The Morgan fingerprint density at radius 2 is 1.87 bits per heavy atom. The Morgan fingerprint density at radius 3 is 2.43 bits per heavy atom. The van der Waals surface area contributed by atoms with Crippen molar-refractivity contribution in [2.24, 2.45) is 5.73 Å². The zero-order chi connectivity index (χ0) is 15.9. The minimum Gasteiger partial charge on any atom is -0.326 e. The van der Waals surface area contributed by atoms with Crippen molar-refractivity contribution in [2.75, 3.05) is 13.1 Å². The highest BCUT2D eigenvalue weighted by atomic mass is 35.5. The molecule has 1 aromatic heterocycles. The Morgan fingerprint density at radius 1 is 1.22 bits per heavy atom. The van der Waals surface area contributed by atoms with Crippen LogP contribution in [0.2, 0.25) is 0 Å². The van der Waals surface area contributed by atoms with E-state index in [0.717, 1.165) is 10.6 Å². The highest BCUT2D eigenvalue weighted by molar-refractivity contribution is 7.91. The van der Waals surface area contributed by atoms with Gasteiger partial charge in [-0.15, -0.1) is 23.7 Å². The van der Waals surface area contributed by atoms with Crippen molar-refractivity contribution in [3.8, 4) is 0 Å². The Labute approximate surface area is 147 Å². The van der Waals surface area contributed by atoms with E-state index < -0.39 is 10.0 Å². The van der Waals surface area contributed by atoms with Gasteiger partial charge in [0.2, 0.25) is 0 Å². The van der Waals surface area contributed by atoms with Crippen LogP contribution >= 0.6 is 23.7 Å². The average molecular weight is 374 g/mol. The maximum atomic E-state index is 12.8. The predicted molar refractivity (Wildman–Crippen MR) is 94.8 cm³/mol. The van der Waals surface area contributed by atoms with Crippen LogP contribution in [0.25, 0.3) is 0 Å². The Balaban J connectivity index is 0.00000192. The summed E-state index contributed by atoms with van der Waals surface area (Å²) in [5.74, 6) is 0.0327. The first-order valence-corrected chi connectivity index (χ1v) is 9.40. The van der Waals surface area contributed by atoms with E-state index in [1.807, 2.05) is 37.3 Å². The number of rotatable bonds is 3. The number of aromatic nitrogens is 1. The van der Waals surface area contributed by atoms with Crippen LogP contribution in [0.4, 0.5) is 0 Å². The minimum atomic E-state index is -3.51. The van der Waals surface area contributed by atoms with Gasteiger partial charge in [-0.25, -0.2) is 13.4 Å². The number of nitrogens with two attached hydrogens (primary N) is 1. The van der Waals surface area contributed by atoms with Gasteiger partial charge < -0.3 is 5.73 Å². The molecule has 0 saturated carbocycles. The number of hydrogen-bond acceptors (Lipinski definition) is 5. The number of benzene rings is 1. The van der Waals surface area contributed by atoms with Gasteiger partial charge in [0.25, 0.3) is 10.0 Å². The fraction of sp³-hybridized carbons (Fsp3) is 0.400. The molecular weight excluding hydrogens is 354 g/mol. The van der Waals surface area contributed by atoms with Crippen LogP contribution in [0, 0.1) is 13.8 Å². The summed E-state index contributed by atoms with van der Waals surface area (Å²) in [6, 6.07) is 9.67. The average Bonchev–Trinajstić information content (AvgIpc) is 3.03. The molecule has 2 aromatic rings. The molecule has 3 rings (SSSR count). The zero-order valence-corrected chi connectivity index (χ0v) is 15.4. The van der Waals surface area contributed by atoms with Crippen molar-refractivity contribution < 1.29 is 8.42 Å². The molecular formula is C15H20ClN3O2S2. The molecule has 126 valence electrons. The molecule has 1 aliphatic heterocycles. The van der Waals surface area contributed by atoms with Gasteiger partial charge in [-0.1, -0.05) is 30.3 Å². The molecule has 1 saturated heterocycles. The van der Waals surface area contributed by atoms with Crippen molar-refractivity contribution in [3.63, 3.8) is 0 Å². The maximum absolute atomic E-state index is 12.8. The monoisotopic (exact) mass is 373 g/mol. The fourth-order valence-corrected chi connectivity index (χ4v) is 6.03. The van der Waals surface area contributed by atoms with Gasteiger partial charge in [0.15, 0.2) is 4.21 Å². The summed E-state index contributed by atoms with van der Waals surface area (Å²) in [5.41, 5.74) is 7.86. The zero-order valence-electron chi connectivity index (χ0n) is 13.0. The van der Waals surface area contributed by atoms with E-state index in [1.54, 1.807) is 6.92 Å². The Kier molecular flexibility index (Phi) is 5.48. The molecule has 2 atom stereocenters. The van der Waals surface area contributed by atoms with Gasteiger partial charge in [-0.05, 0) is 19.4 Å². The van der Waals surface area contributed by atoms with Crippen molar-refractivity contribution >= 4 is 33.8 Å². The van der Waals surface area contributed by atoms with Crippen molar-refractivity contribution in [1.29, 1.82) is 0 Å². The van der Waals surface area contributed by atoms with Crippen LogP contribution in [-0.2, 0) is 10.0 Å². The molecule has 5 nitrogen and oxygen atoms in total. The molecule has 0 radical (unpaired) electrons. The maximum Gasteiger partial charge on any atom is 0.254 e. The number of halogens is 1. The van der Waals surface area contributed by atoms with E-state index in [4.69, 9.17) is 5.73 Å². The summed E-state index contributed by atoms with van der Waals surface area (Å²) in [5, 5.41) is 0.763. The summed E-state index contributed by atoms with van der Waals surface area (Å²) < 4.78 is 27.5. The van der Waals surface area contributed by atoms with Gasteiger partial charge in [0.05, 0.1) is 10.7 Å². The van der Waals surface area contributed by atoms with Crippen molar-refractivity contribution in [1.82, 2.24) is 9.29 Å². The lowest BCUT2D eigenvalue weighted by molar-refractivity contribution is 0.471. The normalized spacial score (nSPS) is 22.0. The summed E-state index contributed by atoms with van der Waals surface area (Å²) in [7, 11) is -3.51. The molecule has 0 bridgehead atoms. The third-order valence-electron chi connectivity index (χ3n) is 3.99. The Bertz CT molecular complexity index is 777. The first-order chi connectivity index (χ1) is 10.4. The Hall–Kier alpha value is -0.990. The number of nitrogens with zero attached hydrogens (tertiary/aromatic N) is 2. The second-order valence-electron chi connectivity index (χ2n) is 5.61. The number of sulfonamides is 1. The molecule has 1 aliphatic rings. The number of thiazole rings is 1. The molecule has 1 fully saturated rings. The summed E-state index contributed by atoms with van der Waals surface area (Å²) in [6.45, 7) is 4.32. The minimum absolute atomic E-state index is 0. The standard InChI is InChI=1S/C15H19N3O2S2.ClH/c1-10-15(21-11(2)17-10)22(19,20)18-8-13(14(16)9-18)12-6-4-3-5-7-12;/h3-7,13-14H,8-9,16H2,1-2H3;1H/t13-,14+;/m0./s1. The van der Waals surface area contributed by atoms with Crippen LogP contribution in [-0.4, -0.2) is 36.8 Å². The SMILES string of the molecule is Cc1nc(C)c(S(=O)(=O)N2C[C@@H](N)[C@H](c3ccccc3)C2)s1.Cl. The van der Waals surface area contributed by atoms with Crippen molar-refractivity contribution in [3.05, 3.63) is 46.6 Å².